The van der Waals surface area contributed by atoms with E-state index in [0.29, 0.717) is 6.54 Å². The maximum atomic E-state index is 12.1. The Balaban J connectivity index is 2.00. The van der Waals surface area contributed by atoms with Crippen LogP contribution in [0, 0.1) is 0 Å². The first-order valence-electron chi connectivity index (χ1n) is 6.65. The molecule has 1 heterocycles. The molecule has 4 heteroatoms. The molecule has 0 fully saturated rings. The van der Waals surface area contributed by atoms with Crippen molar-refractivity contribution in [2.24, 2.45) is 0 Å². The summed E-state index contributed by atoms with van der Waals surface area (Å²) in [7, 11) is 0. The van der Waals surface area contributed by atoms with Crippen molar-refractivity contribution in [3.05, 3.63) is 41.4 Å². The molecule has 0 atom stereocenters. The molecule has 0 amide bonds. The number of hydrogen-bond donors (Lipinski definition) is 0. The fourth-order valence-electron chi connectivity index (χ4n) is 2.13. The summed E-state index contributed by atoms with van der Waals surface area (Å²) in [4.78, 5) is 16.4. The Morgan fingerprint density at radius 2 is 1.95 bits per heavy atom. The standard InChI is InChI=1S/C15H20N2OS/c1-3-17(4-2)14-7-5-13(6-8-14)15(18)11-16-9-10-19-12-16/h5-10H,3-4,11-12H2,1-2H3. The number of hydrogen-bond acceptors (Lipinski definition) is 4. The minimum atomic E-state index is 0.179. The topological polar surface area (TPSA) is 23.6 Å². The zero-order valence-corrected chi connectivity index (χ0v) is 12.3. The highest BCUT2D eigenvalue weighted by Crippen LogP contribution is 2.18. The van der Waals surface area contributed by atoms with E-state index in [4.69, 9.17) is 0 Å². The van der Waals surface area contributed by atoms with Gasteiger partial charge in [-0.25, -0.2) is 0 Å². The van der Waals surface area contributed by atoms with Gasteiger partial charge in [-0.3, -0.25) is 4.79 Å². The summed E-state index contributed by atoms with van der Waals surface area (Å²) in [6, 6.07) is 7.94. The summed E-state index contributed by atoms with van der Waals surface area (Å²) in [6.07, 6.45) is 1.98. The van der Waals surface area contributed by atoms with Crippen LogP contribution in [0.25, 0.3) is 0 Å². The second-order valence-corrected chi connectivity index (χ2v) is 5.33. The lowest BCUT2D eigenvalue weighted by Gasteiger charge is -2.21. The molecule has 0 aromatic heterocycles. The van der Waals surface area contributed by atoms with E-state index in [1.165, 1.54) is 5.69 Å². The predicted molar refractivity (Wildman–Crippen MR) is 82.6 cm³/mol. The molecule has 19 heavy (non-hydrogen) atoms. The third-order valence-corrected chi connectivity index (χ3v) is 4.07. The number of nitrogens with zero attached hydrogens (tertiary/aromatic N) is 2. The summed E-state index contributed by atoms with van der Waals surface area (Å²) in [5.74, 6) is 1.06. The van der Waals surface area contributed by atoms with Crippen LogP contribution >= 0.6 is 11.8 Å². The molecule has 0 spiro atoms. The molecule has 0 unspecified atom stereocenters. The highest BCUT2D eigenvalue weighted by molar-refractivity contribution is 8.02. The first kappa shape index (κ1) is 14.0. The SMILES string of the molecule is CCN(CC)c1ccc(C(=O)CN2C=CSC2)cc1. The van der Waals surface area contributed by atoms with Crippen molar-refractivity contribution in [1.82, 2.24) is 4.90 Å². The molecule has 3 nitrogen and oxygen atoms in total. The molecule has 102 valence electrons. The van der Waals surface area contributed by atoms with Crippen LogP contribution in [0.4, 0.5) is 5.69 Å². The maximum Gasteiger partial charge on any atom is 0.182 e. The van der Waals surface area contributed by atoms with Crippen molar-refractivity contribution in [2.75, 3.05) is 30.4 Å². The van der Waals surface area contributed by atoms with Gasteiger partial charge < -0.3 is 9.80 Å². The fraction of sp³-hybridized carbons (Fsp3) is 0.400. The van der Waals surface area contributed by atoms with Crippen molar-refractivity contribution in [1.29, 1.82) is 0 Å². The van der Waals surface area contributed by atoms with Gasteiger partial charge in [0, 0.05) is 30.5 Å². The first-order chi connectivity index (χ1) is 9.24. The van der Waals surface area contributed by atoms with Crippen LogP contribution in [0.1, 0.15) is 24.2 Å². The summed E-state index contributed by atoms with van der Waals surface area (Å²) in [5, 5.41) is 2.02. The average Bonchev–Trinajstić information content (AvgIpc) is 2.94. The number of thioether (sulfide) groups is 1. The predicted octanol–water partition coefficient (Wildman–Crippen LogP) is 3.19. The Morgan fingerprint density at radius 1 is 1.26 bits per heavy atom. The zero-order chi connectivity index (χ0) is 13.7. The number of carbonyl (C=O) groups excluding carboxylic acids is 1. The Bertz CT molecular complexity index is 452. The minimum absolute atomic E-state index is 0.179. The third kappa shape index (κ3) is 3.53. The van der Waals surface area contributed by atoms with E-state index >= 15 is 0 Å². The number of ketones is 1. The van der Waals surface area contributed by atoms with Crippen LogP contribution in [0.3, 0.4) is 0 Å². The van der Waals surface area contributed by atoms with Gasteiger partial charge >= 0.3 is 0 Å². The smallest absolute Gasteiger partial charge is 0.182 e. The van der Waals surface area contributed by atoms with Crippen molar-refractivity contribution >= 4 is 23.2 Å². The van der Waals surface area contributed by atoms with Crippen LogP contribution in [-0.2, 0) is 0 Å². The molecule has 0 radical (unpaired) electrons. The molecule has 0 aliphatic carbocycles. The maximum absolute atomic E-state index is 12.1. The van der Waals surface area contributed by atoms with E-state index in [0.717, 1.165) is 24.5 Å². The molecular formula is C15H20N2OS. The van der Waals surface area contributed by atoms with E-state index in [9.17, 15) is 4.79 Å². The fourth-order valence-corrected chi connectivity index (χ4v) is 2.84. The number of carbonyl (C=O) groups is 1. The number of rotatable bonds is 6. The van der Waals surface area contributed by atoms with Crippen molar-refractivity contribution < 1.29 is 4.79 Å². The summed E-state index contributed by atoms with van der Waals surface area (Å²) in [6.45, 7) is 6.72. The number of anilines is 1. The van der Waals surface area contributed by atoms with Crippen LogP contribution in [-0.4, -0.2) is 36.2 Å². The Hall–Kier alpha value is -1.42. The van der Waals surface area contributed by atoms with Crippen LogP contribution in [0.15, 0.2) is 35.9 Å². The zero-order valence-electron chi connectivity index (χ0n) is 11.5. The summed E-state index contributed by atoms with van der Waals surface area (Å²) < 4.78 is 0. The summed E-state index contributed by atoms with van der Waals surface area (Å²) in [5.41, 5.74) is 1.97. The van der Waals surface area contributed by atoms with Crippen molar-refractivity contribution in [3.8, 4) is 0 Å². The van der Waals surface area contributed by atoms with E-state index in [1.54, 1.807) is 11.8 Å². The number of Topliss-reactive ketones (excluding diaryl/α,β-unsaturated/α-hetero) is 1. The lowest BCUT2D eigenvalue weighted by Crippen LogP contribution is -2.23. The quantitative estimate of drug-likeness (QED) is 0.745. The van der Waals surface area contributed by atoms with Gasteiger partial charge in [-0.05, 0) is 43.5 Å². The molecule has 0 bridgehead atoms. The average molecular weight is 276 g/mol. The van der Waals surface area contributed by atoms with Crippen LogP contribution in [0.2, 0.25) is 0 Å². The van der Waals surface area contributed by atoms with Gasteiger partial charge in [0.1, 0.15) is 0 Å². The van der Waals surface area contributed by atoms with Gasteiger partial charge in [-0.15, -0.1) is 11.8 Å². The molecule has 1 aliphatic heterocycles. The molecule has 1 aromatic rings. The molecule has 1 aliphatic rings. The third-order valence-electron chi connectivity index (χ3n) is 3.27. The van der Waals surface area contributed by atoms with Gasteiger partial charge in [-0.1, -0.05) is 0 Å². The highest BCUT2D eigenvalue weighted by atomic mass is 32.2. The molecular weight excluding hydrogens is 256 g/mol. The Morgan fingerprint density at radius 3 is 2.47 bits per heavy atom. The van der Waals surface area contributed by atoms with Crippen molar-refractivity contribution in [2.45, 2.75) is 13.8 Å². The van der Waals surface area contributed by atoms with Gasteiger partial charge in [0.2, 0.25) is 0 Å². The van der Waals surface area contributed by atoms with Crippen molar-refractivity contribution in [3.63, 3.8) is 0 Å². The summed E-state index contributed by atoms with van der Waals surface area (Å²) >= 11 is 1.72. The van der Waals surface area contributed by atoms with E-state index in [2.05, 4.69) is 18.7 Å². The molecule has 0 saturated heterocycles. The van der Waals surface area contributed by atoms with Crippen LogP contribution < -0.4 is 4.90 Å². The largest absolute Gasteiger partial charge is 0.372 e. The lowest BCUT2D eigenvalue weighted by atomic mass is 10.1. The number of benzene rings is 1. The molecule has 2 rings (SSSR count). The van der Waals surface area contributed by atoms with E-state index in [-0.39, 0.29) is 5.78 Å². The second kappa shape index (κ2) is 6.66. The molecule has 0 saturated carbocycles. The normalized spacial score (nSPS) is 13.9. The monoisotopic (exact) mass is 276 g/mol. The van der Waals surface area contributed by atoms with Gasteiger partial charge in [-0.2, -0.15) is 0 Å². The van der Waals surface area contributed by atoms with E-state index < -0.39 is 0 Å². The second-order valence-electron chi connectivity index (χ2n) is 4.47. The van der Waals surface area contributed by atoms with Gasteiger partial charge in [0.25, 0.3) is 0 Å². The molecule has 1 aromatic carbocycles. The van der Waals surface area contributed by atoms with Crippen LogP contribution in [0.5, 0.6) is 0 Å². The first-order valence-corrected chi connectivity index (χ1v) is 7.70. The highest BCUT2D eigenvalue weighted by Gasteiger charge is 2.12. The molecule has 0 N–H and O–H groups in total. The lowest BCUT2D eigenvalue weighted by molar-refractivity contribution is 0.0963. The minimum Gasteiger partial charge on any atom is -0.372 e. The Kier molecular flexibility index (Phi) is 4.91. The van der Waals surface area contributed by atoms with Gasteiger partial charge in [0.15, 0.2) is 5.78 Å². The van der Waals surface area contributed by atoms with E-state index in [1.807, 2.05) is 40.8 Å². The Labute approximate surface area is 119 Å². The van der Waals surface area contributed by atoms with Gasteiger partial charge in [0.05, 0.1) is 12.4 Å².